The fraction of sp³-hybridized carbons (Fsp3) is 0.125. The van der Waals surface area contributed by atoms with Crippen molar-refractivity contribution in [2.45, 2.75) is 6.61 Å². The Labute approximate surface area is 84.0 Å². The second-order valence-electron chi connectivity index (χ2n) is 2.26. The van der Waals surface area contributed by atoms with Gasteiger partial charge in [0.15, 0.2) is 0 Å². The Balaban J connectivity index is 2.88. The molecule has 0 fully saturated rings. The molecular weight excluding hydrogens is 271 g/mol. The Hall–Kier alpha value is -0.620. The lowest BCUT2D eigenvalue weighted by Crippen LogP contribution is -1.96. The highest BCUT2D eigenvalue weighted by Crippen LogP contribution is 2.07. The Kier molecular flexibility index (Phi) is 3.48. The first-order chi connectivity index (χ1) is 5.74. The molecule has 1 rings (SSSR count). The predicted octanol–water partition coefficient (Wildman–Crippen LogP) is 2.25. The standard InChI is InChI=1S/C8H7IO3/c9-12-5-6-2-1-3-7(4-6)8(10)11/h1-4H,5H2,(H,10,11). The summed E-state index contributed by atoms with van der Waals surface area (Å²) in [6, 6.07) is 6.68. The van der Waals surface area contributed by atoms with E-state index in [9.17, 15) is 4.79 Å². The lowest BCUT2D eigenvalue weighted by molar-refractivity contribution is 0.0696. The van der Waals surface area contributed by atoms with Crippen molar-refractivity contribution >= 4 is 29.0 Å². The minimum atomic E-state index is -0.912. The molecule has 64 valence electrons. The molecule has 0 aliphatic rings. The van der Waals surface area contributed by atoms with Crippen molar-refractivity contribution in [3.8, 4) is 0 Å². The van der Waals surface area contributed by atoms with Crippen LogP contribution in [0.5, 0.6) is 0 Å². The molecule has 4 heteroatoms. The van der Waals surface area contributed by atoms with Gasteiger partial charge < -0.3 is 8.17 Å². The minimum Gasteiger partial charge on any atom is -0.478 e. The van der Waals surface area contributed by atoms with Crippen LogP contribution < -0.4 is 0 Å². The Morgan fingerprint density at radius 2 is 2.33 bits per heavy atom. The molecule has 0 amide bonds. The van der Waals surface area contributed by atoms with Crippen LogP contribution in [0.4, 0.5) is 0 Å². The number of aromatic carboxylic acids is 1. The second kappa shape index (κ2) is 4.42. The third kappa shape index (κ3) is 2.46. The number of carboxylic acid groups (broad SMARTS) is 1. The van der Waals surface area contributed by atoms with E-state index in [4.69, 9.17) is 8.17 Å². The maximum absolute atomic E-state index is 10.5. The molecule has 0 unspecified atom stereocenters. The maximum atomic E-state index is 10.5. The minimum absolute atomic E-state index is 0.293. The largest absolute Gasteiger partial charge is 0.478 e. The summed E-state index contributed by atoms with van der Waals surface area (Å²) in [5.41, 5.74) is 1.16. The van der Waals surface area contributed by atoms with Crippen LogP contribution >= 0.6 is 23.0 Å². The average molecular weight is 278 g/mol. The molecule has 0 saturated heterocycles. The van der Waals surface area contributed by atoms with Crippen LogP contribution in [0.3, 0.4) is 0 Å². The van der Waals surface area contributed by atoms with Gasteiger partial charge in [-0.05, 0) is 17.7 Å². The maximum Gasteiger partial charge on any atom is 0.335 e. The third-order valence-electron chi connectivity index (χ3n) is 1.40. The Morgan fingerprint density at radius 3 is 2.92 bits per heavy atom. The number of hydrogen-bond donors (Lipinski definition) is 1. The lowest BCUT2D eigenvalue weighted by Gasteiger charge is -1.98. The number of benzene rings is 1. The summed E-state index contributed by atoms with van der Waals surface area (Å²) in [5, 5.41) is 8.63. The molecular formula is C8H7IO3. The molecule has 0 heterocycles. The van der Waals surface area contributed by atoms with Gasteiger partial charge in [-0.25, -0.2) is 4.79 Å². The van der Waals surface area contributed by atoms with Crippen LogP contribution in [0.1, 0.15) is 15.9 Å². The number of rotatable bonds is 3. The van der Waals surface area contributed by atoms with Gasteiger partial charge in [0, 0.05) is 0 Å². The molecule has 1 aromatic rings. The van der Waals surface area contributed by atoms with Crippen LogP contribution in [0.15, 0.2) is 24.3 Å². The van der Waals surface area contributed by atoms with E-state index in [-0.39, 0.29) is 0 Å². The van der Waals surface area contributed by atoms with Gasteiger partial charge in [0.2, 0.25) is 0 Å². The van der Waals surface area contributed by atoms with Crippen LogP contribution in [-0.4, -0.2) is 11.1 Å². The normalized spacial score (nSPS) is 9.75. The molecule has 0 radical (unpaired) electrons. The predicted molar refractivity (Wildman–Crippen MR) is 52.2 cm³/mol. The summed E-state index contributed by atoms with van der Waals surface area (Å²) < 4.78 is 4.84. The highest BCUT2D eigenvalue weighted by atomic mass is 127. The van der Waals surface area contributed by atoms with Gasteiger partial charge >= 0.3 is 5.97 Å². The zero-order chi connectivity index (χ0) is 8.97. The quantitative estimate of drug-likeness (QED) is 0.862. The molecule has 1 N–H and O–H groups in total. The van der Waals surface area contributed by atoms with Gasteiger partial charge in [-0.15, -0.1) is 0 Å². The average Bonchev–Trinajstić information content (AvgIpc) is 2.05. The van der Waals surface area contributed by atoms with E-state index in [0.29, 0.717) is 12.2 Å². The fourth-order valence-corrected chi connectivity index (χ4v) is 1.22. The zero-order valence-electron chi connectivity index (χ0n) is 6.16. The SMILES string of the molecule is O=C(O)c1cccc(COI)c1. The summed E-state index contributed by atoms with van der Waals surface area (Å²) >= 11 is 1.77. The van der Waals surface area contributed by atoms with E-state index in [1.165, 1.54) is 0 Å². The topological polar surface area (TPSA) is 46.5 Å². The van der Waals surface area contributed by atoms with Gasteiger partial charge in [0.1, 0.15) is 23.0 Å². The molecule has 0 atom stereocenters. The summed E-state index contributed by atoms with van der Waals surface area (Å²) in [6.45, 7) is 0.432. The van der Waals surface area contributed by atoms with Crippen molar-refractivity contribution < 1.29 is 13.0 Å². The van der Waals surface area contributed by atoms with Gasteiger partial charge in [-0.2, -0.15) is 0 Å². The van der Waals surface area contributed by atoms with E-state index < -0.39 is 5.97 Å². The van der Waals surface area contributed by atoms with E-state index >= 15 is 0 Å². The molecule has 0 aromatic heterocycles. The molecule has 12 heavy (non-hydrogen) atoms. The van der Waals surface area contributed by atoms with Crippen molar-refractivity contribution in [2.75, 3.05) is 0 Å². The number of carbonyl (C=O) groups is 1. The van der Waals surface area contributed by atoms with Crippen molar-refractivity contribution in [2.24, 2.45) is 0 Å². The van der Waals surface area contributed by atoms with Crippen molar-refractivity contribution in [3.05, 3.63) is 35.4 Å². The fourth-order valence-electron chi connectivity index (χ4n) is 0.857. The number of halogens is 1. The highest BCUT2D eigenvalue weighted by molar-refractivity contribution is 14.1. The first kappa shape index (κ1) is 9.47. The molecule has 1 aromatic carbocycles. The van der Waals surface area contributed by atoms with E-state index in [2.05, 4.69) is 0 Å². The van der Waals surface area contributed by atoms with Gasteiger partial charge in [-0.3, -0.25) is 0 Å². The zero-order valence-corrected chi connectivity index (χ0v) is 8.32. The monoisotopic (exact) mass is 278 g/mol. The van der Waals surface area contributed by atoms with E-state index in [1.54, 1.807) is 41.2 Å². The van der Waals surface area contributed by atoms with Crippen LogP contribution in [0, 0.1) is 0 Å². The summed E-state index contributed by atoms with van der Waals surface area (Å²) in [4.78, 5) is 10.5. The Bertz CT molecular complexity index is 285. The highest BCUT2D eigenvalue weighted by Gasteiger charge is 2.02. The third-order valence-corrected chi connectivity index (χ3v) is 1.71. The van der Waals surface area contributed by atoms with Crippen molar-refractivity contribution in [1.82, 2.24) is 0 Å². The van der Waals surface area contributed by atoms with Crippen molar-refractivity contribution in [1.29, 1.82) is 0 Å². The van der Waals surface area contributed by atoms with Gasteiger partial charge in [-0.1, -0.05) is 12.1 Å². The van der Waals surface area contributed by atoms with E-state index in [1.807, 2.05) is 6.07 Å². The molecule has 0 saturated carbocycles. The summed E-state index contributed by atoms with van der Waals surface area (Å²) in [7, 11) is 0. The summed E-state index contributed by atoms with van der Waals surface area (Å²) in [5.74, 6) is -0.912. The molecule has 0 spiro atoms. The van der Waals surface area contributed by atoms with Crippen LogP contribution in [0.2, 0.25) is 0 Å². The first-order valence-electron chi connectivity index (χ1n) is 3.30. The van der Waals surface area contributed by atoms with Crippen LogP contribution in [-0.2, 0) is 9.67 Å². The number of hydrogen-bond acceptors (Lipinski definition) is 2. The van der Waals surface area contributed by atoms with E-state index in [0.717, 1.165) is 5.56 Å². The lowest BCUT2D eigenvalue weighted by atomic mass is 10.1. The van der Waals surface area contributed by atoms with Gasteiger partial charge in [0.05, 0.1) is 12.2 Å². The molecule has 0 aliphatic carbocycles. The second-order valence-corrected chi connectivity index (χ2v) is 2.88. The van der Waals surface area contributed by atoms with Crippen LogP contribution in [0.25, 0.3) is 0 Å². The first-order valence-corrected chi connectivity index (χ1v) is 4.18. The molecule has 0 bridgehead atoms. The molecule has 3 nitrogen and oxygen atoms in total. The number of carboxylic acids is 1. The van der Waals surface area contributed by atoms with Gasteiger partial charge in [0.25, 0.3) is 0 Å². The Morgan fingerprint density at radius 1 is 1.58 bits per heavy atom. The van der Waals surface area contributed by atoms with Crippen molar-refractivity contribution in [3.63, 3.8) is 0 Å². The smallest absolute Gasteiger partial charge is 0.335 e. The summed E-state index contributed by atoms with van der Waals surface area (Å²) in [6.07, 6.45) is 0. The molecule has 0 aliphatic heterocycles.